The predicted octanol–water partition coefficient (Wildman–Crippen LogP) is 4.10. The Morgan fingerprint density at radius 3 is 2.09 bits per heavy atom. The lowest BCUT2D eigenvalue weighted by Gasteiger charge is -2.40. The molecule has 0 spiro atoms. The van der Waals surface area contributed by atoms with Crippen LogP contribution < -0.4 is 0 Å². The first-order valence-corrected chi connectivity index (χ1v) is 4.54. The maximum atomic E-state index is 2.41. The molecule has 0 aromatic carbocycles. The van der Waals surface area contributed by atoms with Crippen molar-refractivity contribution in [3.8, 4) is 0 Å². The summed E-state index contributed by atoms with van der Waals surface area (Å²) < 4.78 is 0. The fourth-order valence-electron chi connectivity index (χ4n) is 2.13. The van der Waals surface area contributed by atoms with Crippen molar-refractivity contribution in [3.63, 3.8) is 0 Å². The van der Waals surface area contributed by atoms with Crippen LogP contribution in [0.25, 0.3) is 0 Å². The highest BCUT2D eigenvalue weighted by Crippen LogP contribution is 2.43. The van der Waals surface area contributed by atoms with E-state index in [0.717, 1.165) is 11.8 Å². The fourth-order valence-corrected chi connectivity index (χ4v) is 2.13. The number of hydrogen-bond acceptors (Lipinski definition) is 0. The van der Waals surface area contributed by atoms with Crippen LogP contribution in [0.5, 0.6) is 0 Å². The van der Waals surface area contributed by atoms with Gasteiger partial charge in [-0.3, -0.25) is 0 Å². The van der Waals surface area contributed by atoms with E-state index in [2.05, 4.69) is 27.7 Å². The van der Waals surface area contributed by atoms with Gasteiger partial charge < -0.3 is 0 Å². The third kappa shape index (κ3) is 2.21. The van der Waals surface area contributed by atoms with Gasteiger partial charge in [0, 0.05) is 0 Å². The van der Waals surface area contributed by atoms with Crippen molar-refractivity contribution in [3.05, 3.63) is 0 Å². The smallest absolute Gasteiger partial charge is 0.0326 e. The van der Waals surface area contributed by atoms with E-state index in [0.29, 0.717) is 5.41 Å². The van der Waals surface area contributed by atoms with E-state index in [-0.39, 0.29) is 7.43 Å². The Labute approximate surface area is 72.4 Å². The van der Waals surface area contributed by atoms with Gasteiger partial charge in [0.15, 0.2) is 0 Å². The lowest BCUT2D eigenvalue weighted by atomic mass is 9.65. The molecule has 68 valence electrons. The van der Waals surface area contributed by atoms with E-state index in [9.17, 15) is 0 Å². The Hall–Kier alpha value is 0. The molecule has 0 saturated heterocycles. The standard InChI is InChI=1S/C10H20.CH4/c1-8-6-5-7-10(3,4)9(8)2;/h8-9H,5-7H2,1-4H3;1H4/t8?,9-;/m1./s1. The molecule has 1 aliphatic carbocycles. The summed E-state index contributed by atoms with van der Waals surface area (Å²) in [5.41, 5.74) is 0.609. The van der Waals surface area contributed by atoms with Crippen LogP contribution in [0, 0.1) is 17.3 Å². The van der Waals surface area contributed by atoms with E-state index < -0.39 is 0 Å². The van der Waals surface area contributed by atoms with Gasteiger partial charge in [-0.2, -0.15) is 0 Å². The molecule has 1 unspecified atom stereocenters. The molecule has 1 aliphatic rings. The first kappa shape index (κ1) is 11.0. The van der Waals surface area contributed by atoms with E-state index in [1.165, 1.54) is 19.3 Å². The van der Waals surface area contributed by atoms with Crippen molar-refractivity contribution in [1.82, 2.24) is 0 Å². The Balaban J connectivity index is 0.000001000. The van der Waals surface area contributed by atoms with E-state index in [1.807, 2.05) is 0 Å². The number of rotatable bonds is 0. The summed E-state index contributed by atoms with van der Waals surface area (Å²) in [6.45, 7) is 9.62. The van der Waals surface area contributed by atoms with Gasteiger partial charge in [0.2, 0.25) is 0 Å². The second-order valence-corrected chi connectivity index (χ2v) is 4.65. The van der Waals surface area contributed by atoms with E-state index in [1.54, 1.807) is 0 Å². The molecule has 0 aromatic heterocycles. The highest BCUT2D eigenvalue weighted by atomic mass is 14.4. The minimum absolute atomic E-state index is 0. The second-order valence-electron chi connectivity index (χ2n) is 4.65. The number of hydrogen-bond donors (Lipinski definition) is 0. The monoisotopic (exact) mass is 156 g/mol. The predicted molar refractivity (Wildman–Crippen MR) is 52.7 cm³/mol. The Morgan fingerprint density at radius 2 is 1.73 bits per heavy atom. The first-order valence-electron chi connectivity index (χ1n) is 4.54. The van der Waals surface area contributed by atoms with Crippen LogP contribution in [0.2, 0.25) is 0 Å². The van der Waals surface area contributed by atoms with Crippen molar-refractivity contribution in [2.45, 2.75) is 54.4 Å². The molecular formula is C11H24. The van der Waals surface area contributed by atoms with Crippen LogP contribution in [0.4, 0.5) is 0 Å². The summed E-state index contributed by atoms with van der Waals surface area (Å²) in [5, 5.41) is 0. The van der Waals surface area contributed by atoms with Crippen LogP contribution in [-0.2, 0) is 0 Å². The third-order valence-electron chi connectivity index (χ3n) is 3.57. The maximum Gasteiger partial charge on any atom is -0.0326 e. The topological polar surface area (TPSA) is 0 Å². The molecule has 0 aliphatic heterocycles. The lowest BCUT2D eigenvalue weighted by Crippen LogP contribution is -2.31. The summed E-state index contributed by atoms with van der Waals surface area (Å²) >= 11 is 0. The average molecular weight is 156 g/mol. The van der Waals surface area contributed by atoms with Gasteiger partial charge in [-0.15, -0.1) is 0 Å². The van der Waals surface area contributed by atoms with Gasteiger partial charge in [-0.05, 0) is 23.7 Å². The van der Waals surface area contributed by atoms with Gasteiger partial charge in [0.1, 0.15) is 0 Å². The van der Waals surface area contributed by atoms with Gasteiger partial charge in [0.05, 0.1) is 0 Å². The SMILES string of the molecule is C.CC1CCCC(C)(C)[C@@H]1C. The van der Waals surface area contributed by atoms with Crippen molar-refractivity contribution in [2.75, 3.05) is 0 Å². The zero-order valence-corrected chi connectivity index (χ0v) is 7.78. The molecule has 1 saturated carbocycles. The molecule has 1 rings (SSSR count). The van der Waals surface area contributed by atoms with Crippen LogP contribution in [-0.4, -0.2) is 0 Å². The molecule has 0 N–H and O–H groups in total. The van der Waals surface area contributed by atoms with Crippen molar-refractivity contribution in [1.29, 1.82) is 0 Å². The molecule has 1 fully saturated rings. The van der Waals surface area contributed by atoms with E-state index in [4.69, 9.17) is 0 Å². The minimum atomic E-state index is 0. The highest BCUT2D eigenvalue weighted by molar-refractivity contribution is 4.83. The maximum absolute atomic E-state index is 2.41. The van der Waals surface area contributed by atoms with Gasteiger partial charge in [0.25, 0.3) is 0 Å². The molecule has 0 nitrogen and oxygen atoms in total. The lowest BCUT2D eigenvalue weighted by molar-refractivity contribution is 0.0996. The molecule has 0 heteroatoms. The van der Waals surface area contributed by atoms with Crippen molar-refractivity contribution < 1.29 is 0 Å². The molecule has 2 atom stereocenters. The largest absolute Gasteiger partial charge is 0.0776 e. The Morgan fingerprint density at radius 1 is 1.18 bits per heavy atom. The Bertz CT molecular complexity index is 113. The molecule has 0 amide bonds. The highest BCUT2D eigenvalue weighted by Gasteiger charge is 2.32. The zero-order valence-electron chi connectivity index (χ0n) is 7.78. The van der Waals surface area contributed by atoms with Gasteiger partial charge >= 0.3 is 0 Å². The second kappa shape index (κ2) is 3.60. The average Bonchev–Trinajstić information content (AvgIpc) is 1.83. The first-order chi connectivity index (χ1) is 4.54. The van der Waals surface area contributed by atoms with E-state index >= 15 is 0 Å². The molecule has 0 radical (unpaired) electrons. The molecule has 11 heavy (non-hydrogen) atoms. The van der Waals surface area contributed by atoms with Crippen LogP contribution in [0.1, 0.15) is 54.4 Å². The summed E-state index contributed by atoms with van der Waals surface area (Å²) in [7, 11) is 0. The molecule has 0 aromatic rings. The van der Waals surface area contributed by atoms with Crippen LogP contribution >= 0.6 is 0 Å². The summed E-state index contributed by atoms with van der Waals surface area (Å²) in [4.78, 5) is 0. The quantitative estimate of drug-likeness (QED) is 0.495. The fraction of sp³-hybridized carbons (Fsp3) is 1.00. The van der Waals surface area contributed by atoms with Gasteiger partial charge in [-0.1, -0.05) is 48.0 Å². The minimum Gasteiger partial charge on any atom is -0.0776 e. The zero-order chi connectivity index (χ0) is 7.78. The van der Waals surface area contributed by atoms with Crippen molar-refractivity contribution in [2.24, 2.45) is 17.3 Å². The third-order valence-corrected chi connectivity index (χ3v) is 3.57. The van der Waals surface area contributed by atoms with Crippen LogP contribution in [0.15, 0.2) is 0 Å². The summed E-state index contributed by atoms with van der Waals surface area (Å²) in [5.74, 6) is 1.87. The molecular weight excluding hydrogens is 132 g/mol. The summed E-state index contributed by atoms with van der Waals surface area (Å²) in [6.07, 6.45) is 4.32. The summed E-state index contributed by atoms with van der Waals surface area (Å²) in [6, 6.07) is 0. The molecule has 0 heterocycles. The normalized spacial score (nSPS) is 36.0. The van der Waals surface area contributed by atoms with Crippen molar-refractivity contribution >= 4 is 0 Å². The Kier molecular flexibility index (Phi) is 3.60. The van der Waals surface area contributed by atoms with Crippen LogP contribution in [0.3, 0.4) is 0 Å². The van der Waals surface area contributed by atoms with Gasteiger partial charge in [-0.25, -0.2) is 0 Å². The molecule has 0 bridgehead atoms.